The number of anilines is 3. The van der Waals surface area contributed by atoms with E-state index in [4.69, 9.17) is 5.73 Å². The Morgan fingerprint density at radius 2 is 1.75 bits per heavy atom. The Morgan fingerprint density at radius 1 is 1.10 bits per heavy atom. The Kier molecular flexibility index (Phi) is 4.29. The zero-order valence-corrected chi connectivity index (χ0v) is 12.9. The number of nitrogens with one attached hydrogen (secondary N) is 2. The monoisotopic (exact) mass is 333 g/mol. The second kappa shape index (κ2) is 5.96. The van der Waals surface area contributed by atoms with Gasteiger partial charge < -0.3 is 16.4 Å². The van der Waals surface area contributed by atoms with E-state index in [0.29, 0.717) is 11.4 Å². The van der Waals surface area contributed by atoms with Gasteiger partial charge in [-0.3, -0.25) is 0 Å². The van der Waals surface area contributed by atoms with Gasteiger partial charge in [0.25, 0.3) is 0 Å². The summed E-state index contributed by atoms with van der Waals surface area (Å²) in [4.78, 5) is 12.0. The number of hydrogen-bond acceptors (Lipinski definition) is 2. The van der Waals surface area contributed by atoms with Gasteiger partial charge in [0.1, 0.15) is 0 Å². The molecule has 0 atom stereocenters. The molecule has 0 radical (unpaired) electrons. The van der Waals surface area contributed by atoms with Gasteiger partial charge in [-0.25, -0.2) is 4.79 Å². The van der Waals surface area contributed by atoms with Crippen molar-refractivity contribution in [3.63, 3.8) is 0 Å². The molecule has 104 valence electrons. The molecule has 0 aromatic heterocycles. The normalized spacial score (nSPS) is 10.2. The lowest BCUT2D eigenvalue weighted by Crippen LogP contribution is -2.20. The first-order chi connectivity index (χ1) is 9.45. The van der Waals surface area contributed by atoms with Gasteiger partial charge in [0, 0.05) is 10.2 Å². The van der Waals surface area contributed by atoms with Crippen molar-refractivity contribution in [2.24, 2.45) is 0 Å². The Bertz CT molecular complexity index is 615. The van der Waals surface area contributed by atoms with Crippen LogP contribution in [0.4, 0.5) is 21.9 Å². The van der Waals surface area contributed by atoms with E-state index in [9.17, 15) is 4.79 Å². The van der Waals surface area contributed by atoms with Gasteiger partial charge in [-0.15, -0.1) is 0 Å². The number of benzene rings is 2. The summed E-state index contributed by atoms with van der Waals surface area (Å²) in [5.74, 6) is 0. The minimum Gasteiger partial charge on any atom is -0.397 e. The van der Waals surface area contributed by atoms with E-state index < -0.39 is 0 Å². The van der Waals surface area contributed by atoms with Gasteiger partial charge in [0.2, 0.25) is 0 Å². The quantitative estimate of drug-likeness (QED) is 0.717. The van der Waals surface area contributed by atoms with Gasteiger partial charge in [0.15, 0.2) is 0 Å². The van der Waals surface area contributed by atoms with E-state index in [2.05, 4.69) is 26.6 Å². The summed E-state index contributed by atoms with van der Waals surface area (Å²) in [6.45, 7) is 3.89. The Balaban J connectivity index is 2.10. The third kappa shape index (κ3) is 3.51. The molecule has 0 bridgehead atoms. The van der Waals surface area contributed by atoms with Crippen LogP contribution in [0.25, 0.3) is 0 Å². The van der Waals surface area contributed by atoms with Crippen molar-refractivity contribution in [3.05, 3.63) is 52.0 Å². The van der Waals surface area contributed by atoms with Gasteiger partial charge in [-0.1, -0.05) is 33.6 Å². The fourth-order valence-electron chi connectivity index (χ4n) is 1.85. The molecular weight excluding hydrogens is 318 g/mol. The predicted octanol–water partition coefficient (Wildman–Crippen LogP) is 4.29. The minimum absolute atomic E-state index is 0.314. The molecule has 2 amide bonds. The average Bonchev–Trinajstić information content (AvgIpc) is 2.36. The van der Waals surface area contributed by atoms with E-state index in [1.54, 1.807) is 6.07 Å². The van der Waals surface area contributed by atoms with Crippen molar-refractivity contribution in [3.8, 4) is 0 Å². The molecule has 0 aliphatic rings. The second-order valence-electron chi connectivity index (χ2n) is 4.63. The lowest BCUT2D eigenvalue weighted by Gasteiger charge is -2.13. The number of nitrogen functional groups attached to an aromatic ring is 1. The number of amides is 2. The first-order valence-corrected chi connectivity index (χ1v) is 6.95. The summed E-state index contributed by atoms with van der Waals surface area (Å²) in [5, 5.41) is 5.54. The van der Waals surface area contributed by atoms with Crippen molar-refractivity contribution < 1.29 is 4.79 Å². The lowest BCUT2D eigenvalue weighted by atomic mass is 10.1. The topological polar surface area (TPSA) is 67.2 Å². The molecule has 0 saturated heterocycles. The lowest BCUT2D eigenvalue weighted by molar-refractivity contribution is 0.262. The molecule has 0 heterocycles. The van der Waals surface area contributed by atoms with Gasteiger partial charge in [-0.2, -0.15) is 0 Å². The van der Waals surface area contributed by atoms with Gasteiger partial charge in [0.05, 0.1) is 11.4 Å². The van der Waals surface area contributed by atoms with Gasteiger partial charge in [-0.05, 0) is 43.7 Å². The van der Waals surface area contributed by atoms with E-state index >= 15 is 0 Å². The maximum absolute atomic E-state index is 12.0. The molecule has 0 spiro atoms. The maximum Gasteiger partial charge on any atom is 0.323 e. The number of rotatable bonds is 2. The Hall–Kier alpha value is -2.01. The highest BCUT2D eigenvalue weighted by atomic mass is 79.9. The molecule has 20 heavy (non-hydrogen) atoms. The van der Waals surface area contributed by atoms with Crippen LogP contribution in [0.3, 0.4) is 0 Å². The predicted molar refractivity (Wildman–Crippen MR) is 87.1 cm³/mol. The summed E-state index contributed by atoms with van der Waals surface area (Å²) in [6.07, 6.45) is 0. The largest absolute Gasteiger partial charge is 0.397 e. The standard InChI is InChI=1S/C15H16BrN3O/c1-9-3-5-12(6-4-9)18-15(20)19-14-10(2)7-11(16)8-13(14)17/h3-8H,17H2,1-2H3,(H2,18,19,20). The smallest absolute Gasteiger partial charge is 0.323 e. The number of carbonyl (C=O) groups excluding carboxylic acids is 1. The van der Waals surface area contributed by atoms with Crippen molar-refractivity contribution in [2.75, 3.05) is 16.4 Å². The fourth-order valence-corrected chi connectivity index (χ4v) is 2.44. The summed E-state index contributed by atoms with van der Waals surface area (Å²) in [6, 6.07) is 10.9. The van der Waals surface area contributed by atoms with Crippen molar-refractivity contribution in [2.45, 2.75) is 13.8 Å². The van der Waals surface area contributed by atoms with Gasteiger partial charge >= 0.3 is 6.03 Å². The van der Waals surface area contributed by atoms with E-state index in [1.165, 1.54) is 0 Å². The van der Waals surface area contributed by atoms with Crippen LogP contribution in [0, 0.1) is 13.8 Å². The molecule has 0 saturated carbocycles. The second-order valence-corrected chi connectivity index (χ2v) is 5.55. The highest BCUT2D eigenvalue weighted by molar-refractivity contribution is 9.10. The number of nitrogens with two attached hydrogens (primary N) is 1. The summed E-state index contributed by atoms with van der Waals surface area (Å²) < 4.78 is 0.886. The molecule has 4 nitrogen and oxygen atoms in total. The molecule has 2 rings (SSSR count). The zero-order valence-electron chi connectivity index (χ0n) is 11.3. The summed E-state index contributed by atoms with van der Waals surface area (Å²) >= 11 is 3.37. The highest BCUT2D eigenvalue weighted by Crippen LogP contribution is 2.27. The first-order valence-electron chi connectivity index (χ1n) is 6.16. The van der Waals surface area contributed by atoms with Crippen molar-refractivity contribution in [1.82, 2.24) is 0 Å². The molecule has 0 aliphatic carbocycles. The minimum atomic E-state index is -0.314. The molecule has 0 aliphatic heterocycles. The van der Waals surface area contributed by atoms with E-state index in [0.717, 1.165) is 21.3 Å². The van der Waals surface area contributed by atoms with Crippen molar-refractivity contribution in [1.29, 1.82) is 0 Å². The fraction of sp³-hybridized carbons (Fsp3) is 0.133. The van der Waals surface area contributed by atoms with Crippen LogP contribution < -0.4 is 16.4 Å². The number of aryl methyl sites for hydroxylation is 2. The van der Waals surface area contributed by atoms with Crippen LogP contribution in [0.5, 0.6) is 0 Å². The van der Waals surface area contributed by atoms with Crippen molar-refractivity contribution >= 4 is 39.0 Å². The molecule has 5 heteroatoms. The van der Waals surface area contributed by atoms with Crippen LogP contribution in [-0.2, 0) is 0 Å². The SMILES string of the molecule is Cc1ccc(NC(=O)Nc2c(C)cc(Br)cc2N)cc1. The van der Waals surface area contributed by atoms with E-state index in [-0.39, 0.29) is 6.03 Å². The van der Waals surface area contributed by atoms with Crippen LogP contribution in [0.2, 0.25) is 0 Å². The van der Waals surface area contributed by atoms with Crippen LogP contribution in [-0.4, -0.2) is 6.03 Å². The average molecular weight is 334 g/mol. The molecule has 2 aromatic rings. The van der Waals surface area contributed by atoms with Crippen LogP contribution in [0.1, 0.15) is 11.1 Å². The molecule has 2 aromatic carbocycles. The van der Waals surface area contributed by atoms with E-state index in [1.807, 2.05) is 44.2 Å². The number of urea groups is 1. The Labute approximate surface area is 126 Å². The van der Waals surface area contributed by atoms with Crippen LogP contribution >= 0.6 is 15.9 Å². The van der Waals surface area contributed by atoms with Crippen LogP contribution in [0.15, 0.2) is 40.9 Å². The molecule has 0 fully saturated rings. The Morgan fingerprint density at radius 3 is 2.35 bits per heavy atom. The number of halogens is 1. The third-order valence-electron chi connectivity index (χ3n) is 2.88. The molecular formula is C15H16BrN3O. The molecule has 4 N–H and O–H groups in total. The molecule has 0 unspecified atom stereocenters. The maximum atomic E-state index is 12.0. The summed E-state index contributed by atoms with van der Waals surface area (Å²) in [5.41, 5.74) is 9.84. The number of carbonyl (C=O) groups is 1. The number of hydrogen-bond donors (Lipinski definition) is 3. The zero-order chi connectivity index (χ0) is 14.7. The first kappa shape index (κ1) is 14.4. The summed E-state index contributed by atoms with van der Waals surface area (Å²) in [7, 11) is 0. The third-order valence-corrected chi connectivity index (χ3v) is 3.34. The highest BCUT2D eigenvalue weighted by Gasteiger charge is 2.09.